The fourth-order valence-corrected chi connectivity index (χ4v) is 4.45. The number of carbonyl (C=O) groups excluding carboxylic acids is 2. The number of ether oxygens (including phenoxy) is 1. The van der Waals surface area contributed by atoms with Gasteiger partial charge < -0.3 is 10.1 Å². The zero-order chi connectivity index (χ0) is 25.5. The highest BCUT2D eigenvalue weighted by atomic mass is 35.5. The number of nitrogens with zero attached hydrogens (tertiary/aromatic N) is 3. The fourth-order valence-electron chi connectivity index (χ4n) is 3.54. The molecular formula is C27H25ClN4O3S. The van der Waals surface area contributed by atoms with Crippen molar-refractivity contribution < 1.29 is 14.3 Å². The zero-order valence-corrected chi connectivity index (χ0v) is 21.5. The molecule has 36 heavy (non-hydrogen) atoms. The van der Waals surface area contributed by atoms with Crippen molar-refractivity contribution in [3.8, 4) is 17.1 Å². The minimum atomic E-state index is -0.377. The van der Waals surface area contributed by atoms with E-state index in [0.29, 0.717) is 34.7 Å². The number of nitrogens with one attached hydrogen (secondary N) is 1. The highest BCUT2D eigenvalue weighted by Gasteiger charge is 2.17. The Morgan fingerprint density at radius 3 is 2.50 bits per heavy atom. The highest BCUT2D eigenvalue weighted by molar-refractivity contribution is 7.99. The molecule has 9 heteroatoms. The lowest BCUT2D eigenvalue weighted by molar-refractivity contribution is -0.118. The summed E-state index contributed by atoms with van der Waals surface area (Å²) < 4.78 is 7.00. The van der Waals surface area contributed by atoms with Crippen molar-refractivity contribution in [2.75, 3.05) is 12.4 Å². The van der Waals surface area contributed by atoms with Crippen molar-refractivity contribution >= 4 is 35.2 Å². The Balaban J connectivity index is 1.47. The maximum absolute atomic E-state index is 12.7. The number of rotatable bonds is 9. The van der Waals surface area contributed by atoms with Gasteiger partial charge in [0.15, 0.2) is 11.0 Å². The van der Waals surface area contributed by atoms with E-state index in [0.717, 1.165) is 22.4 Å². The molecule has 0 aliphatic heterocycles. The number of aryl methyl sites for hydroxylation is 1. The van der Waals surface area contributed by atoms with Crippen molar-refractivity contribution in [2.24, 2.45) is 0 Å². The zero-order valence-electron chi connectivity index (χ0n) is 19.9. The smallest absolute Gasteiger partial charge is 0.338 e. The van der Waals surface area contributed by atoms with Gasteiger partial charge in [-0.3, -0.25) is 9.36 Å². The monoisotopic (exact) mass is 520 g/mol. The SMILES string of the molecule is CCOC(=O)c1ccc(C)c(CNC(=O)CSc2nnc(-c3ccc(Cl)cc3)n2-c2ccccc2)c1. The van der Waals surface area contributed by atoms with Crippen LogP contribution >= 0.6 is 23.4 Å². The van der Waals surface area contributed by atoms with E-state index in [-0.39, 0.29) is 17.6 Å². The number of benzene rings is 3. The summed E-state index contributed by atoms with van der Waals surface area (Å²) >= 11 is 7.35. The lowest BCUT2D eigenvalue weighted by Gasteiger charge is -2.11. The van der Waals surface area contributed by atoms with Crippen LogP contribution in [0.15, 0.2) is 78.0 Å². The molecule has 4 rings (SSSR count). The summed E-state index contributed by atoms with van der Waals surface area (Å²) in [6, 6.07) is 22.5. The Morgan fingerprint density at radius 1 is 1.03 bits per heavy atom. The second-order valence-electron chi connectivity index (χ2n) is 7.91. The topological polar surface area (TPSA) is 86.1 Å². The Bertz CT molecular complexity index is 1360. The Kier molecular flexibility index (Phi) is 8.40. The van der Waals surface area contributed by atoms with E-state index < -0.39 is 0 Å². The van der Waals surface area contributed by atoms with E-state index in [1.54, 1.807) is 31.2 Å². The average molecular weight is 521 g/mol. The molecule has 1 amide bonds. The second-order valence-corrected chi connectivity index (χ2v) is 9.29. The van der Waals surface area contributed by atoms with Crippen molar-refractivity contribution in [3.63, 3.8) is 0 Å². The van der Waals surface area contributed by atoms with Crippen LogP contribution in [0.2, 0.25) is 5.02 Å². The standard InChI is InChI=1S/C27H25ClN4O3S/c1-3-35-26(34)20-10-9-18(2)21(15-20)16-29-24(33)17-36-27-31-30-25(19-11-13-22(28)14-12-19)32(27)23-7-5-4-6-8-23/h4-15H,3,16-17H2,1-2H3,(H,29,33). The van der Waals surface area contributed by atoms with Crippen LogP contribution in [-0.4, -0.2) is 39.0 Å². The maximum Gasteiger partial charge on any atom is 0.338 e. The number of para-hydroxylation sites is 1. The van der Waals surface area contributed by atoms with E-state index >= 15 is 0 Å². The largest absolute Gasteiger partial charge is 0.462 e. The van der Waals surface area contributed by atoms with Crippen LogP contribution in [0.3, 0.4) is 0 Å². The van der Waals surface area contributed by atoms with Crippen LogP contribution in [0, 0.1) is 6.92 Å². The summed E-state index contributed by atoms with van der Waals surface area (Å²) in [7, 11) is 0. The number of esters is 1. The van der Waals surface area contributed by atoms with Crippen molar-refractivity contribution in [1.29, 1.82) is 0 Å². The van der Waals surface area contributed by atoms with Gasteiger partial charge in [-0.25, -0.2) is 4.79 Å². The van der Waals surface area contributed by atoms with Crippen LogP contribution in [0.4, 0.5) is 0 Å². The summed E-state index contributed by atoms with van der Waals surface area (Å²) in [6.07, 6.45) is 0. The predicted molar refractivity (Wildman–Crippen MR) is 142 cm³/mol. The van der Waals surface area contributed by atoms with E-state index in [9.17, 15) is 9.59 Å². The number of hydrogen-bond donors (Lipinski definition) is 1. The summed E-state index contributed by atoms with van der Waals surface area (Å²) in [6.45, 7) is 4.32. The molecule has 1 N–H and O–H groups in total. The number of amides is 1. The number of thioether (sulfide) groups is 1. The molecule has 1 heterocycles. The lowest BCUT2D eigenvalue weighted by Crippen LogP contribution is -2.25. The fraction of sp³-hybridized carbons (Fsp3) is 0.185. The molecule has 7 nitrogen and oxygen atoms in total. The van der Waals surface area contributed by atoms with Crippen molar-refractivity contribution in [3.05, 3.63) is 94.5 Å². The predicted octanol–water partition coefficient (Wildman–Crippen LogP) is 5.48. The third-order valence-electron chi connectivity index (χ3n) is 5.42. The number of carbonyl (C=O) groups is 2. The molecule has 0 aliphatic rings. The molecule has 3 aromatic carbocycles. The summed E-state index contributed by atoms with van der Waals surface area (Å²) in [5, 5.41) is 12.9. The van der Waals surface area contributed by atoms with Crippen LogP contribution in [0.5, 0.6) is 0 Å². The normalized spacial score (nSPS) is 10.8. The van der Waals surface area contributed by atoms with Crippen LogP contribution in [0.25, 0.3) is 17.1 Å². The summed E-state index contributed by atoms with van der Waals surface area (Å²) in [5.41, 5.74) is 4.06. The first kappa shape index (κ1) is 25.5. The second kappa shape index (κ2) is 11.9. The maximum atomic E-state index is 12.7. The lowest BCUT2D eigenvalue weighted by atomic mass is 10.0. The highest BCUT2D eigenvalue weighted by Crippen LogP contribution is 2.28. The molecule has 0 fully saturated rings. The molecule has 0 saturated heterocycles. The third-order valence-corrected chi connectivity index (χ3v) is 6.60. The van der Waals surface area contributed by atoms with Gasteiger partial charge in [0.05, 0.1) is 17.9 Å². The molecule has 0 bridgehead atoms. The third kappa shape index (κ3) is 6.13. The van der Waals surface area contributed by atoms with Gasteiger partial charge in [-0.2, -0.15) is 0 Å². The van der Waals surface area contributed by atoms with Crippen LogP contribution in [0.1, 0.15) is 28.4 Å². The van der Waals surface area contributed by atoms with Crippen molar-refractivity contribution in [2.45, 2.75) is 25.5 Å². The molecule has 0 atom stereocenters. The molecule has 0 spiro atoms. The van der Waals surface area contributed by atoms with Gasteiger partial charge >= 0.3 is 5.97 Å². The van der Waals surface area contributed by atoms with Crippen LogP contribution < -0.4 is 5.32 Å². The van der Waals surface area contributed by atoms with Gasteiger partial charge in [-0.1, -0.05) is 47.6 Å². The Labute approximate surface area is 218 Å². The van der Waals surface area contributed by atoms with Gasteiger partial charge in [0.25, 0.3) is 0 Å². The molecular weight excluding hydrogens is 496 g/mol. The molecule has 4 aromatic rings. The average Bonchev–Trinajstić information content (AvgIpc) is 3.32. The first-order valence-electron chi connectivity index (χ1n) is 11.4. The molecule has 184 valence electrons. The van der Waals surface area contributed by atoms with Gasteiger partial charge in [0.1, 0.15) is 0 Å². The van der Waals surface area contributed by atoms with E-state index in [4.69, 9.17) is 16.3 Å². The van der Waals surface area contributed by atoms with Gasteiger partial charge in [-0.05, 0) is 73.5 Å². The number of halogens is 1. The molecule has 0 saturated carbocycles. The number of aromatic nitrogens is 3. The van der Waals surface area contributed by atoms with Crippen LogP contribution in [-0.2, 0) is 16.1 Å². The first-order valence-corrected chi connectivity index (χ1v) is 12.8. The molecule has 0 aliphatic carbocycles. The molecule has 0 unspecified atom stereocenters. The van der Waals surface area contributed by atoms with Crippen molar-refractivity contribution in [1.82, 2.24) is 20.1 Å². The summed E-state index contributed by atoms with van der Waals surface area (Å²) in [4.78, 5) is 24.7. The van der Waals surface area contributed by atoms with Gasteiger partial charge in [0, 0.05) is 22.8 Å². The summed E-state index contributed by atoms with van der Waals surface area (Å²) in [5.74, 6) is 0.281. The van der Waals surface area contributed by atoms with E-state index in [1.807, 2.05) is 60.0 Å². The van der Waals surface area contributed by atoms with Gasteiger partial charge in [-0.15, -0.1) is 10.2 Å². The Morgan fingerprint density at radius 2 is 1.78 bits per heavy atom. The molecule has 0 radical (unpaired) electrons. The van der Waals surface area contributed by atoms with E-state index in [2.05, 4.69) is 15.5 Å². The minimum absolute atomic E-state index is 0.155. The first-order chi connectivity index (χ1) is 17.5. The van der Waals surface area contributed by atoms with E-state index in [1.165, 1.54) is 11.8 Å². The molecule has 1 aromatic heterocycles. The van der Waals surface area contributed by atoms with Gasteiger partial charge in [0.2, 0.25) is 5.91 Å². The quantitative estimate of drug-likeness (QED) is 0.232. The Hall–Kier alpha value is -3.62. The minimum Gasteiger partial charge on any atom is -0.462 e. The number of hydrogen-bond acceptors (Lipinski definition) is 6.